The molecule has 3 heterocycles. The number of thioether (sulfide) groups is 1. The number of hydrogen-bond acceptors (Lipinski definition) is 5. The Labute approximate surface area is 151 Å². The fourth-order valence-corrected chi connectivity index (χ4v) is 4.37. The van der Waals surface area contributed by atoms with Gasteiger partial charge in [-0.1, -0.05) is 36.4 Å². The Hall–Kier alpha value is -2.09. The molecule has 0 aliphatic carbocycles. The molecule has 0 spiro atoms. The third-order valence-corrected chi connectivity index (χ3v) is 5.65. The molecule has 2 saturated heterocycles. The molecule has 0 bridgehead atoms. The van der Waals surface area contributed by atoms with Crippen molar-refractivity contribution < 1.29 is 4.79 Å². The zero-order chi connectivity index (χ0) is 17.2. The molecule has 1 aromatic carbocycles. The van der Waals surface area contributed by atoms with Crippen molar-refractivity contribution in [1.29, 1.82) is 0 Å². The summed E-state index contributed by atoms with van der Waals surface area (Å²) in [6, 6.07) is 16.3. The lowest BCUT2D eigenvalue weighted by Crippen LogP contribution is -2.65. The van der Waals surface area contributed by atoms with E-state index in [0.29, 0.717) is 0 Å². The summed E-state index contributed by atoms with van der Waals surface area (Å²) in [5.41, 5.74) is 5.37. The van der Waals surface area contributed by atoms with E-state index in [9.17, 15) is 4.79 Å². The number of hydrazine groups is 1. The summed E-state index contributed by atoms with van der Waals surface area (Å²) in [4.78, 5) is 16.8. The van der Waals surface area contributed by atoms with Crippen LogP contribution in [0.15, 0.2) is 54.7 Å². The van der Waals surface area contributed by atoms with Crippen molar-refractivity contribution in [3.8, 4) is 0 Å². The van der Waals surface area contributed by atoms with E-state index in [1.165, 1.54) is 5.56 Å². The van der Waals surface area contributed by atoms with Crippen LogP contribution < -0.4 is 16.1 Å². The van der Waals surface area contributed by atoms with Gasteiger partial charge in [-0.15, -0.1) is 11.8 Å². The highest BCUT2D eigenvalue weighted by molar-refractivity contribution is 7.99. The lowest BCUT2D eigenvalue weighted by atomic mass is 9.91. The van der Waals surface area contributed by atoms with Gasteiger partial charge in [-0.3, -0.25) is 10.3 Å². The van der Waals surface area contributed by atoms with Gasteiger partial charge >= 0.3 is 6.03 Å². The predicted molar refractivity (Wildman–Crippen MR) is 98.4 cm³/mol. The minimum atomic E-state index is -0.144. The molecule has 3 N–H and O–H groups in total. The van der Waals surface area contributed by atoms with E-state index in [2.05, 4.69) is 40.1 Å². The van der Waals surface area contributed by atoms with Crippen LogP contribution in [0.5, 0.6) is 0 Å². The van der Waals surface area contributed by atoms with Gasteiger partial charge in [0.05, 0.1) is 5.69 Å². The van der Waals surface area contributed by atoms with Gasteiger partial charge in [0, 0.05) is 23.9 Å². The second-order valence-corrected chi connectivity index (χ2v) is 7.39. The van der Waals surface area contributed by atoms with Crippen LogP contribution in [0.2, 0.25) is 0 Å². The normalized spacial score (nSPS) is 28.5. The molecule has 6 nitrogen and oxygen atoms in total. The quantitative estimate of drug-likeness (QED) is 0.785. The van der Waals surface area contributed by atoms with Gasteiger partial charge in [0.25, 0.3) is 0 Å². The summed E-state index contributed by atoms with van der Waals surface area (Å²) in [5, 5.41) is 8.24. The average molecular weight is 355 g/mol. The number of urea groups is 1. The number of nitrogens with one attached hydrogen (secondary N) is 3. The number of amides is 2. The van der Waals surface area contributed by atoms with E-state index in [1.54, 1.807) is 23.0 Å². The van der Waals surface area contributed by atoms with Gasteiger partial charge in [0.2, 0.25) is 0 Å². The Morgan fingerprint density at radius 2 is 1.96 bits per heavy atom. The van der Waals surface area contributed by atoms with Gasteiger partial charge in [-0.25, -0.2) is 15.2 Å². The van der Waals surface area contributed by atoms with Crippen LogP contribution in [0.4, 0.5) is 4.79 Å². The molecule has 4 unspecified atom stereocenters. The first-order chi connectivity index (χ1) is 12.2. The molecular weight excluding hydrogens is 334 g/mol. The number of aromatic nitrogens is 1. The van der Waals surface area contributed by atoms with Crippen molar-refractivity contribution in [1.82, 2.24) is 26.1 Å². The molecule has 2 amide bonds. The van der Waals surface area contributed by atoms with E-state index >= 15 is 0 Å². The van der Waals surface area contributed by atoms with Crippen LogP contribution in [-0.2, 0) is 5.75 Å². The summed E-state index contributed by atoms with van der Waals surface area (Å²) >= 11 is 1.64. The maximum Gasteiger partial charge on any atom is 0.335 e. The number of hydrogen-bond donors (Lipinski definition) is 3. The Balaban J connectivity index is 1.49. The van der Waals surface area contributed by atoms with Gasteiger partial charge in [-0.05, 0) is 24.6 Å². The molecule has 25 heavy (non-hydrogen) atoms. The van der Waals surface area contributed by atoms with Crippen LogP contribution in [0.25, 0.3) is 0 Å². The maximum atomic E-state index is 12.5. The van der Waals surface area contributed by atoms with E-state index in [-0.39, 0.29) is 29.7 Å². The average Bonchev–Trinajstić information content (AvgIpc) is 2.98. The molecule has 0 radical (unpaired) electrons. The standard InChI is InChI=1S/C18H21N5OS/c1-12-15(13-7-3-2-4-8-13)16-20-17(21-18(24)23(16)22-12)25-11-14-9-5-6-10-19-14/h2-10,12,15-17,20,22H,11H2,1H3,(H,21,24). The number of fused-ring (bicyclic) bond motifs is 1. The Bertz CT molecular complexity index is 729. The molecule has 2 aliphatic heterocycles. The second-order valence-electron chi connectivity index (χ2n) is 6.30. The van der Waals surface area contributed by atoms with Gasteiger partial charge in [0.1, 0.15) is 11.7 Å². The topological polar surface area (TPSA) is 69.3 Å². The minimum Gasteiger partial charge on any atom is -0.312 e. The third kappa shape index (κ3) is 3.35. The van der Waals surface area contributed by atoms with Crippen molar-refractivity contribution in [2.45, 2.75) is 36.3 Å². The number of rotatable bonds is 4. The van der Waals surface area contributed by atoms with Gasteiger partial charge in [0.15, 0.2) is 0 Å². The van der Waals surface area contributed by atoms with Crippen molar-refractivity contribution in [2.75, 3.05) is 0 Å². The number of benzene rings is 1. The van der Waals surface area contributed by atoms with Gasteiger partial charge < -0.3 is 5.32 Å². The SMILES string of the molecule is CC1NN2C(=O)NC(SCc3ccccn3)NC2C1c1ccccc1. The molecule has 1 aromatic heterocycles. The zero-order valence-corrected chi connectivity index (χ0v) is 14.7. The first-order valence-electron chi connectivity index (χ1n) is 8.41. The summed E-state index contributed by atoms with van der Waals surface area (Å²) in [7, 11) is 0. The van der Waals surface area contributed by atoms with Crippen LogP contribution in [0.1, 0.15) is 24.1 Å². The first kappa shape index (κ1) is 16.4. The molecule has 2 fully saturated rings. The monoisotopic (exact) mass is 355 g/mol. The zero-order valence-electron chi connectivity index (χ0n) is 13.9. The fourth-order valence-electron chi connectivity index (χ4n) is 3.44. The van der Waals surface area contributed by atoms with Crippen molar-refractivity contribution in [3.63, 3.8) is 0 Å². The summed E-state index contributed by atoms with van der Waals surface area (Å²) in [5.74, 6) is 0.940. The first-order valence-corrected chi connectivity index (χ1v) is 9.45. The summed E-state index contributed by atoms with van der Waals surface area (Å²) in [6.07, 6.45) is 1.71. The largest absolute Gasteiger partial charge is 0.335 e. The lowest BCUT2D eigenvalue weighted by Gasteiger charge is -2.37. The number of carbonyl (C=O) groups is 1. The Kier molecular flexibility index (Phi) is 4.61. The summed E-state index contributed by atoms with van der Waals surface area (Å²) < 4.78 is 0. The van der Waals surface area contributed by atoms with Crippen LogP contribution in [0.3, 0.4) is 0 Å². The summed E-state index contributed by atoms with van der Waals surface area (Å²) in [6.45, 7) is 2.11. The van der Waals surface area contributed by atoms with Crippen molar-refractivity contribution in [2.24, 2.45) is 0 Å². The molecule has 130 valence electrons. The third-order valence-electron chi connectivity index (χ3n) is 4.60. The van der Waals surface area contributed by atoms with Crippen LogP contribution in [0, 0.1) is 0 Å². The van der Waals surface area contributed by atoms with Crippen molar-refractivity contribution >= 4 is 17.8 Å². The fraction of sp³-hybridized carbons (Fsp3) is 0.333. The maximum absolute atomic E-state index is 12.5. The van der Waals surface area contributed by atoms with Gasteiger partial charge in [-0.2, -0.15) is 0 Å². The van der Waals surface area contributed by atoms with Crippen LogP contribution in [-0.4, -0.2) is 33.7 Å². The molecule has 7 heteroatoms. The van der Waals surface area contributed by atoms with Crippen LogP contribution >= 0.6 is 11.8 Å². The van der Waals surface area contributed by atoms with E-state index in [1.807, 2.05) is 36.4 Å². The predicted octanol–water partition coefficient (Wildman–Crippen LogP) is 2.23. The highest BCUT2D eigenvalue weighted by atomic mass is 32.2. The van der Waals surface area contributed by atoms with E-state index in [0.717, 1.165) is 11.4 Å². The highest BCUT2D eigenvalue weighted by Crippen LogP contribution is 2.33. The lowest BCUT2D eigenvalue weighted by molar-refractivity contribution is 0.127. The highest BCUT2D eigenvalue weighted by Gasteiger charge is 2.46. The smallest absolute Gasteiger partial charge is 0.312 e. The second kappa shape index (κ2) is 7.03. The molecular formula is C18H21N5OS. The Morgan fingerprint density at radius 1 is 1.16 bits per heavy atom. The van der Waals surface area contributed by atoms with E-state index in [4.69, 9.17) is 0 Å². The molecule has 2 aromatic rings. The Morgan fingerprint density at radius 3 is 2.72 bits per heavy atom. The molecule has 4 rings (SSSR count). The molecule has 4 atom stereocenters. The molecule has 0 saturated carbocycles. The minimum absolute atomic E-state index is 0.0765. The molecule has 2 aliphatic rings. The number of carbonyl (C=O) groups excluding carboxylic acids is 1. The van der Waals surface area contributed by atoms with Crippen molar-refractivity contribution in [3.05, 3.63) is 66.0 Å². The number of pyridine rings is 1. The van der Waals surface area contributed by atoms with E-state index < -0.39 is 0 Å². The number of nitrogens with zero attached hydrogens (tertiary/aromatic N) is 2.